The number of hydrogen-bond donors (Lipinski definition) is 0. The van der Waals surface area contributed by atoms with Gasteiger partial charge in [-0.2, -0.15) is 0 Å². The zero-order chi connectivity index (χ0) is 19.4. The molecule has 1 aromatic carbocycles. The molecule has 0 aliphatic carbocycles. The Balaban J connectivity index is 1.56. The molecule has 2 heterocycles. The summed E-state index contributed by atoms with van der Waals surface area (Å²) in [6.07, 6.45) is 0. The van der Waals surface area contributed by atoms with Crippen molar-refractivity contribution in [2.45, 2.75) is 26.8 Å². The Morgan fingerprint density at radius 1 is 1.15 bits per heavy atom. The molecule has 1 fully saturated rings. The minimum Gasteiger partial charge on any atom is -0.351 e. The lowest BCUT2D eigenvalue weighted by Gasteiger charge is -2.35. The van der Waals surface area contributed by atoms with E-state index in [0.717, 1.165) is 5.69 Å². The van der Waals surface area contributed by atoms with Crippen LogP contribution in [0.2, 0.25) is 0 Å². The topological polar surface area (TPSA) is 69.9 Å². The lowest BCUT2D eigenvalue weighted by molar-refractivity contribution is -0.120. The van der Waals surface area contributed by atoms with Gasteiger partial charge in [0.05, 0.1) is 12.2 Å². The molecule has 0 atom stereocenters. The number of anilines is 1. The molecular weight excluding hydrogens is 344 g/mol. The maximum atomic E-state index is 12.9. The summed E-state index contributed by atoms with van der Waals surface area (Å²) in [5, 5.41) is 3.77. The molecule has 0 radical (unpaired) electrons. The zero-order valence-corrected chi connectivity index (χ0v) is 16.1. The Morgan fingerprint density at radius 3 is 2.37 bits per heavy atom. The van der Waals surface area contributed by atoms with Crippen molar-refractivity contribution in [1.29, 1.82) is 0 Å². The monoisotopic (exact) mass is 370 g/mol. The second-order valence-electron chi connectivity index (χ2n) is 7.09. The molecule has 0 unspecified atom stereocenters. The van der Waals surface area contributed by atoms with E-state index in [4.69, 9.17) is 4.52 Å². The van der Waals surface area contributed by atoms with E-state index >= 15 is 0 Å². The molecule has 1 aliphatic heterocycles. The van der Waals surface area contributed by atoms with Gasteiger partial charge in [-0.25, -0.2) is 0 Å². The first-order valence-electron chi connectivity index (χ1n) is 9.27. The van der Waals surface area contributed by atoms with Crippen molar-refractivity contribution in [3.8, 4) is 0 Å². The van der Waals surface area contributed by atoms with Crippen molar-refractivity contribution in [1.82, 2.24) is 15.0 Å². The SMILES string of the molecule is Cc1cc(C(=O)N2CCN(CC(=O)N(c3ccccc3)C(C)C)CC2)on1. The summed E-state index contributed by atoms with van der Waals surface area (Å²) >= 11 is 0. The second kappa shape index (κ2) is 8.35. The minimum absolute atomic E-state index is 0.0711. The molecule has 7 nitrogen and oxygen atoms in total. The molecule has 2 aromatic rings. The second-order valence-corrected chi connectivity index (χ2v) is 7.09. The maximum absolute atomic E-state index is 12.9. The van der Waals surface area contributed by atoms with Crippen LogP contribution in [0, 0.1) is 6.92 Å². The summed E-state index contributed by atoms with van der Waals surface area (Å²) in [5.74, 6) is 0.198. The van der Waals surface area contributed by atoms with Gasteiger partial charge in [0.2, 0.25) is 11.7 Å². The molecule has 1 saturated heterocycles. The fourth-order valence-corrected chi connectivity index (χ4v) is 3.32. The average Bonchev–Trinajstić information content (AvgIpc) is 3.09. The predicted octanol–water partition coefficient (Wildman–Crippen LogP) is 2.18. The molecule has 3 rings (SSSR count). The van der Waals surface area contributed by atoms with Crippen molar-refractivity contribution in [2.75, 3.05) is 37.6 Å². The summed E-state index contributed by atoms with van der Waals surface area (Å²) in [6, 6.07) is 11.5. The Hall–Kier alpha value is -2.67. The highest BCUT2D eigenvalue weighted by Gasteiger charge is 2.27. The normalized spacial score (nSPS) is 15.2. The predicted molar refractivity (Wildman–Crippen MR) is 103 cm³/mol. The quantitative estimate of drug-likeness (QED) is 0.807. The van der Waals surface area contributed by atoms with Gasteiger partial charge in [0.1, 0.15) is 0 Å². The molecule has 27 heavy (non-hydrogen) atoms. The van der Waals surface area contributed by atoms with E-state index in [1.807, 2.05) is 49.1 Å². The standard InChI is InChI=1S/C20H26N4O3/c1-15(2)24(17-7-5-4-6-8-17)19(25)14-22-9-11-23(12-10-22)20(26)18-13-16(3)21-27-18/h4-8,13,15H,9-12,14H2,1-3H3. The van der Waals surface area contributed by atoms with Crippen LogP contribution in [-0.4, -0.2) is 65.5 Å². The van der Waals surface area contributed by atoms with Gasteiger partial charge in [0.15, 0.2) is 0 Å². The third-order valence-electron chi connectivity index (χ3n) is 4.68. The van der Waals surface area contributed by atoms with Gasteiger partial charge in [-0.05, 0) is 32.9 Å². The third kappa shape index (κ3) is 4.54. The first kappa shape index (κ1) is 19.1. The van der Waals surface area contributed by atoms with Gasteiger partial charge in [0, 0.05) is 44.0 Å². The van der Waals surface area contributed by atoms with Crippen LogP contribution in [0.5, 0.6) is 0 Å². The summed E-state index contributed by atoms with van der Waals surface area (Å²) in [4.78, 5) is 31.0. The average molecular weight is 370 g/mol. The van der Waals surface area contributed by atoms with E-state index in [1.165, 1.54) is 0 Å². The van der Waals surface area contributed by atoms with E-state index in [-0.39, 0.29) is 23.6 Å². The van der Waals surface area contributed by atoms with Gasteiger partial charge < -0.3 is 14.3 Å². The van der Waals surface area contributed by atoms with Crippen LogP contribution in [0.4, 0.5) is 5.69 Å². The Labute approximate surface area is 159 Å². The summed E-state index contributed by atoms with van der Waals surface area (Å²) in [6.45, 7) is 8.61. The first-order chi connectivity index (χ1) is 13.0. The Bertz CT molecular complexity index is 780. The molecule has 0 spiro atoms. The molecule has 2 amide bonds. The van der Waals surface area contributed by atoms with Crippen LogP contribution in [0.15, 0.2) is 40.9 Å². The summed E-state index contributed by atoms with van der Waals surface area (Å²) in [5.41, 5.74) is 1.60. The zero-order valence-electron chi connectivity index (χ0n) is 16.1. The molecule has 0 bridgehead atoms. The van der Waals surface area contributed by atoms with Crippen LogP contribution in [-0.2, 0) is 4.79 Å². The number of benzene rings is 1. The van der Waals surface area contributed by atoms with Crippen LogP contribution in [0.3, 0.4) is 0 Å². The highest BCUT2D eigenvalue weighted by molar-refractivity contribution is 5.95. The number of rotatable bonds is 5. The molecule has 7 heteroatoms. The fourth-order valence-electron chi connectivity index (χ4n) is 3.32. The van der Waals surface area contributed by atoms with Crippen molar-refractivity contribution in [3.05, 3.63) is 47.9 Å². The van der Waals surface area contributed by atoms with Crippen LogP contribution < -0.4 is 4.90 Å². The van der Waals surface area contributed by atoms with Gasteiger partial charge in [-0.1, -0.05) is 23.4 Å². The largest absolute Gasteiger partial charge is 0.351 e. The number of aryl methyl sites for hydroxylation is 1. The van der Waals surface area contributed by atoms with Gasteiger partial charge >= 0.3 is 0 Å². The van der Waals surface area contributed by atoms with Crippen molar-refractivity contribution in [2.24, 2.45) is 0 Å². The lowest BCUT2D eigenvalue weighted by atomic mass is 10.2. The van der Waals surface area contributed by atoms with E-state index in [1.54, 1.807) is 17.9 Å². The molecule has 1 aliphatic rings. The van der Waals surface area contributed by atoms with Crippen LogP contribution in [0.25, 0.3) is 0 Å². The smallest absolute Gasteiger partial charge is 0.292 e. The molecule has 0 saturated carbocycles. The van der Waals surface area contributed by atoms with Gasteiger partial charge in [-0.3, -0.25) is 14.5 Å². The number of nitrogens with zero attached hydrogens (tertiary/aromatic N) is 4. The van der Waals surface area contributed by atoms with E-state index < -0.39 is 0 Å². The van der Waals surface area contributed by atoms with Crippen LogP contribution >= 0.6 is 0 Å². The van der Waals surface area contributed by atoms with Gasteiger partial charge in [-0.15, -0.1) is 0 Å². The van der Waals surface area contributed by atoms with Crippen molar-refractivity contribution in [3.63, 3.8) is 0 Å². The van der Waals surface area contributed by atoms with E-state index in [0.29, 0.717) is 38.4 Å². The highest BCUT2D eigenvalue weighted by atomic mass is 16.5. The first-order valence-corrected chi connectivity index (χ1v) is 9.27. The lowest BCUT2D eigenvalue weighted by Crippen LogP contribution is -2.52. The highest BCUT2D eigenvalue weighted by Crippen LogP contribution is 2.17. The number of carbonyl (C=O) groups is 2. The molecule has 0 N–H and O–H groups in total. The minimum atomic E-state index is -0.144. The number of carbonyl (C=O) groups excluding carboxylic acids is 2. The fraction of sp³-hybridized carbons (Fsp3) is 0.450. The molecule has 1 aromatic heterocycles. The third-order valence-corrected chi connectivity index (χ3v) is 4.68. The molecular formula is C20H26N4O3. The summed E-state index contributed by atoms with van der Waals surface area (Å²) in [7, 11) is 0. The van der Waals surface area contributed by atoms with Crippen LogP contribution in [0.1, 0.15) is 30.1 Å². The number of hydrogen-bond acceptors (Lipinski definition) is 5. The summed E-state index contributed by atoms with van der Waals surface area (Å²) < 4.78 is 5.06. The molecule has 144 valence electrons. The number of amides is 2. The number of para-hydroxylation sites is 1. The maximum Gasteiger partial charge on any atom is 0.292 e. The Morgan fingerprint density at radius 2 is 1.81 bits per heavy atom. The van der Waals surface area contributed by atoms with Crippen molar-refractivity contribution >= 4 is 17.5 Å². The van der Waals surface area contributed by atoms with E-state index in [2.05, 4.69) is 10.1 Å². The number of aromatic nitrogens is 1. The number of piperazine rings is 1. The Kier molecular flexibility index (Phi) is 5.91. The van der Waals surface area contributed by atoms with E-state index in [9.17, 15) is 9.59 Å². The van der Waals surface area contributed by atoms with Crippen molar-refractivity contribution < 1.29 is 14.1 Å². The van der Waals surface area contributed by atoms with Gasteiger partial charge in [0.25, 0.3) is 5.91 Å².